The standard InChI is InChI=1S/C28H41N3O/c1-19(2)14-25(26(32)30-18-29)23-9-7-8-22(15-23)20-10-12-21(13-11-20)24-16-27(3,4)31-28(5,6)17-24/h7-13,15,19,24-25,31H,14,16-18,29H2,1-6H3,(H,30,32). The van der Waals surface area contributed by atoms with Gasteiger partial charge < -0.3 is 16.4 Å². The van der Waals surface area contributed by atoms with Crippen molar-refractivity contribution in [2.24, 2.45) is 11.7 Å². The molecular formula is C28H41N3O. The van der Waals surface area contributed by atoms with Crippen molar-refractivity contribution in [1.82, 2.24) is 10.6 Å². The first-order valence-electron chi connectivity index (χ1n) is 12.0. The molecule has 0 spiro atoms. The smallest absolute Gasteiger partial charge is 0.228 e. The van der Waals surface area contributed by atoms with Crippen LogP contribution in [-0.2, 0) is 4.79 Å². The predicted octanol–water partition coefficient (Wildman–Crippen LogP) is 5.54. The van der Waals surface area contributed by atoms with Crippen molar-refractivity contribution in [3.8, 4) is 11.1 Å². The van der Waals surface area contributed by atoms with Crippen molar-refractivity contribution in [2.45, 2.75) is 83.7 Å². The molecule has 1 heterocycles. The number of amides is 1. The molecule has 0 bridgehead atoms. The quantitative estimate of drug-likeness (QED) is 0.500. The average molecular weight is 436 g/mol. The number of benzene rings is 2. The van der Waals surface area contributed by atoms with Gasteiger partial charge in [0, 0.05) is 11.1 Å². The van der Waals surface area contributed by atoms with E-state index in [-0.39, 0.29) is 29.6 Å². The fraction of sp³-hybridized carbons (Fsp3) is 0.536. The topological polar surface area (TPSA) is 67.2 Å². The molecule has 4 N–H and O–H groups in total. The van der Waals surface area contributed by atoms with E-state index in [4.69, 9.17) is 5.73 Å². The van der Waals surface area contributed by atoms with Crippen LogP contribution in [0.5, 0.6) is 0 Å². The van der Waals surface area contributed by atoms with Crippen LogP contribution in [0.15, 0.2) is 48.5 Å². The fourth-order valence-electron chi connectivity index (χ4n) is 5.53. The highest BCUT2D eigenvalue weighted by Crippen LogP contribution is 2.39. The second-order valence-electron chi connectivity index (χ2n) is 11.2. The molecule has 1 amide bonds. The van der Waals surface area contributed by atoms with Crippen LogP contribution in [0, 0.1) is 5.92 Å². The van der Waals surface area contributed by atoms with E-state index in [9.17, 15) is 4.79 Å². The number of nitrogens with one attached hydrogen (secondary N) is 2. The van der Waals surface area contributed by atoms with E-state index < -0.39 is 0 Å². The van der Waals surface area contributed by atoms with Crippen molar-refractivity contribution in [1.29, 1.82) is 0 Å². The minimum absolute atomic E-state index is 0.00448. The highest BCUT2D eigenvalue weighted by Gasteiger charge is 2.38. The molecule has 174 valence electrons. The summed E-state index contributed by atoms with van der Waals surface area (Å²) < 4.78 is 0. The number of piperidine rings is 1. The summed E-state index contributed by atoms with van der Waals surface area (Å²) in [6, 6.07) is 17.4. The van der Waals surface area contributed by atoms with Gasteiger partial charge in [-0.15, -0.1) is 0 Å². The average Bonchev–Trinajstić information content (AvgIpc) is 2.70. The molecular weight excluding hydrogens is 394 g/mol. The van der Waals surface area contributed by atoms with Crippen LogP contribution in [-0.4, -0.2) is 23.7 Å². The van der Waals surface area contributed by atoms with Crippen molar-refractivity contribution in [3.63, 3.8) is 0 Å². The lowest BCUT2D eigenvalue weighted by Crippen LogP contribution is -2.57. The van der Waals surface area contributed by atoms with Crippen LogP contribution in [0.1, 0.15) is 83.8 Å². The molecule has 1 atom stereocenters. The van der Waals surface area contributed by atoms with Gasteiger partial charge in [-0.05, 0) is 81.0 Å². The monoisotopic (exact) mass is 435 g/mol. The Morgan fingerprint density at radius 3 is 2.22 bits per heavy atom. The van der Waals surface area contributed by atoms with Crippen LogP contribution < -0.4 is 16.4 Å². The third-order valence-electron chi connectivity index (χ3n) is 6.49. The third kappa shape index (κ3) is 6.20. The van der Waals surface area contributed by atoms with Crippen LogP contribution in [0.2, 0.25) is 0 Å². The summed E-state index contributed by atoms with van der Waals surface area (Å²) in [7, 11) is 0. The van der Waals surface area contributed by atoms with Crippen LogP contribution in [0.4, 0.5) is 0 Å². The maximum absolute atomic E-state index is 12.7. The Labute approximate surface area is 194 Å². The zero-order chi connectivity index (χ0) is 23.5. The molecule has 3 rings (SSSR count). The molecule has 1 aliphatic rings. The van der Waals surface area contributed by atoms with Crippen molar-refractivity contribution in [3.05, 3.63) is 59.7 Å². The maximum atomic E-state index is 12.7. The van der Waals surface area contributed by atoms with Crippen molar-refractivity contribution in [2.75, 3.05) is 6.67 Å². The molecule has 4 nitrogen and oxygen atoms in total. The van der Waals surface area contributed by atoms with Gasteiger partial charge in [-0.2, -0.15) is 0 Å². The van der Waals surface area contributed by atoms with Gasteiger partial charge in [0.2, 0.25) is 5.91 Å². The van der Waals surface area contributed by atoms with Gasteiger partial charge in [0.25, 0.3) is 0 Å². The number of nitrogens with two attached hydrogens (primary N) is 1. The molecule has 1 aliphatic heterocycles. The molecule has 1 unspecified atom stereocenters. The summed E-state index contributed by atoms with van der Waals surface area (Å²) >= 11 is 0. The van der Waals surface area contributed by atoms with Gasteiger partial charge in [0.15, 0.2) is 0 Å². The fourth-order valence-corrected chi connectivity index (χ4v) is 5.53. The molecule has 1 fully saturated rings. The lowest BCUT2D eigenvalue weighted by atomic mass is 9.73. The van der Waals surface area contributed by atoms with E-state index in [1.807, 2.05) is 0 Å². The summed E-state index contributed by atoms with van der Waals surface area (Å²) in [4.78, 5) is 12.7. The van der Waals surface area contributed by atoms with Crippen molar-refractivity contribution >= 4 is 5.91 Å². The predicted molar refractivity (Wildman–Crippen MR) is 135 cm³/mol. The Morgan fingerprint density at radius 1 is 1.03 bits per heavy atom. The van der Waals surface area contributed by atoms with Gasteiger partial charge in [-0.3, -0.25) is 4.79 Å². The lowest BCUT2D eigenvalue weighted by molar-refractivity contribution is -0.122. The number of hydrogen-bond donors (Lipinski definition) is 3. The highest BCUT2D eigenvalue weighted by atomic mass is 16.1. The van der Waals surface area contributed by atoms with Gasteiger partial charge >= 0.3 is 0 Å². The number of carbonyl (C=O) groups is 1. The van der Waals surface area contributed by atoms with E-state index in [1.165, 1.54) is 11.1 Å². The van der Waals surface area contributed by atoms with Gasteiger partial charge in [0.05, 0.1) is 12.6 Å². The molecule has 0 aliphatic carbocycles. The number of carbonyl (C=O) groups excluding carboxylic acids is 1. The van der Waals surface area contributed by atoms with Crippen LogP contribution >= 0.6 is 0 Å². The molecule has 32 heavy (non-hydrogen) atoms. The van der Waals surface area contributed by atoms with Crippen LogP contribution in [0.3, 0.4) is 0 Å². The number of hydrogen-bond acceptors (Lipinski definition) is 3. The van der Waals surface area contributed by atoms with Crippen molar-refractivity contribution < 1.29 is 4.79 Å². The molecule has 0 aromatic heterocycles. The zero-order valence-corrected chi connectivity index (χ0v) is 20.7. The molecule has 0 saturated carbocycles. The summed E-state index contributed by atoms with van der Waals surface area (Å²) in [6.45, 7) is 13.7. The Balaban J connectivity index is 1.84. The van der Waals surface area contributed by atoms with E-state index in [0.717, 1.165) is 30.4 Å². The lowest BCUT2D eigenvalue weighted by Gasteiger charge is -2.46. The minimum atomic E-state index is -0.183. The van der Waals surface area contributed by atoms with Gasteiger partial charge in [0.1, 0.15) is 0 Å². The molecule has 2 aromatic rings. The molecule has 0 radical (unpaired) electrons. The summed E-state index contributed by atoms with van der Waals surface area (Å²) in [5, 5.41) is 6.58. The van der Waals surface area contributed by atoms with E-state index >= 15 is 0 Å². The minimum Gasteiger partial charge on any atom is -0.343 e. The SMILES string of the molecule is CC(C)CC(C(=O)NCN)c1cccc(-c2ccc(C3CC(C)(C)NC(C)(C)C3)cc2)c1. The molecule has 2 aromatic carbocycles. The first-order valence-corrected chi connectivity index (χ1v) is 12.0. The van der Waals surface area contributed by atoms with E-state index in [1.54, 1.807) is 0 Å². The van der Waals surface area contributed by atoms with Crippen LogP contribution in [0.25, 0.3) is 11.1 Å². The van der Waals surface area contributed by atoms with Gasteiger partial charge in [-0.1, -0.05) is 62.4 Å². The van der Waals surface area contributed by atoms with E-state index in [2.05, 4.69) is 101 Å². The summed E-state index contributed by atoms with van der Waals surface area (Å²) in [6.07, 6.45) is 3.08. The van der Waals surface area contributed by atoms with E-state index in [0.29, 0.717) is 11.8 Å². The second-order valence-corrected chi connectivity index (χ2v) is 11.2. The third-order valence-corrected chi connectivity index (χ3v) is 6.49. The van der Waals surface area contributed by atoms with Gasteiger partial charge in [-0.25, -0.2) is 0 Å². The Morgan fingerprint density at radius 2 is 1.66 bits per heavy atom. The molecule has 1 saturated heterocycles. The highest BCUT2D eigenvalue weighted by molar-refractivity contribution is 5.84. The Bertz CT molecular complexity index is 899. The maximum Gasteiger partial charge on any atom is 0.228 e. The largest absolute Gasteiger partial charge is 0.343 e. The summed E-state index contributed by atoms with van der Waals surface area (Å²) in [5.74, 6) is 0.795. The first-order chi connectivity index (χ1) is 15.0. The summed E-state index contributed by atoms with van der Waals surface area (Å²) in [5.41, 5.74) is 10.6. The number of rotatable bonds is 7. The Kier molecular flexibility index (Phi) is 7.46. The normalized spacial score (nSPS) is 19.0. The first kappa shape index (κ1) is 24.5. The Hall–Kier alpha value is -2.17. The second kappa shape index (κ2) is 9.76. The molecule has 4 heteroatoms. The zero-order valence-electron chi connectivity index (χ0n) is 20.7.